The maximum Gasteiger partial charge on any atom is 0.137 e. The lowest BCUT2D eigenvalue weighted by Gasteiger charge is -2.27. The van der Waals surface area contributed by atoms with E-state index in [1.165, 1.54) is 52.8 Å². The minimum atomic E-state index is 0.885. The van der Waals surface area contributed by atoms with Gasteiger partial charge in [-0.25, -0.2) is 0 Å². The first-order valence-corrected chi connectivity index (χ1v) is 16.7. The van der Waals surface area contributed by atoms with Gasteiger partial charge in [-0.05, 0) is 69.1 Å². The molecule has 0 aliphatic rings. The third-order valence-corrected chi connectivity index (χ3v) is 10.7. The maximum atomic E-state index is 6.39. The standard InChI is InChI=1S/C44H27NOS/c1-3-13-32-28(10-1)12-7-16-33(32)30-22-25-31(26-23-30)45(38-18-9-21-41-42(38)37-15-5-6-20-40(37)46-41)39-19-8-17-35-36-27-24-29-11-2-4-14-34(29)43(36)47-44(35)39/h1-27H. The van der Waals surface area contributed by atoms with E-state index >= 15 is 0 Å². The van der Waals surface area contributed by atoms with E-state index in [-0.39, 0.29) is 0 Å². The molecule has 0 aliphatic carbocycles. The summed E-state index contributed by atoms with van der Waals surface area (Å²) in [4.78, 5) is 2.43. The fourth-order valence-electron chi connectivity index (χ4n) is 7.30. The molecule has 0 saturated heterocycles. The summed E-state index contributed by atoms with van der Waals surface area (Å²) in [6.45, 7) is 0. The van der Waals surface area contributed by atoms with Gasteiger partial charge in [0.05, 0.1) is 21.5 Å². The van der Waals surface area contributed by atoms with Crippen molar-refractivity contribution in [1.29, 1.82) is 0 Å². The number of benzene rings is 8. The molecule has 0 unspecified atom stereocenters. The fourth-order valence-corrected chi connectivity index (χ4v) is 8.64. The van der Waals surface area contributed by atoms with Crippen LogP contribution in [0.4, 0.5) is 17.1 Å². The van der Waals surface area contributed by atoms with E-state index in [4.69, 9.17) is 4.42 Å². The highest BCUT2D eigenvalue weighted by atomic mass is 32.1. The van der Waals surface area contributed by atoms with Crippen LogP contribution in [0.2, 0.25) is 0 Å². The zero-order chi connectivity index (χ0) is 30.9. The SMILES string of the molecule is c1ccc2c(-c3ccc(N(c4cccc5c4sc4c6ccccc6ccc54)c4cccc5oc6ccccc6c45)cc3)cccc2c1. The smallest absolute Gasteiger partial charge is 0.137 e. The van der Waals surface area contributed by atoms with Crippen molar-refractivity contribution in [3.05, 3.63) is 164 Å². The molecule has 2 heterocycles. The molecule has 0 amide bonds. The Bertz CT molecular complexity index is 2800. The lowest BCUT2D eigenvalue weighted by atomic mass is 9.98. The van der Waals surface area contributed by atoms with E-state index in [1.54, 1.807) is 0 Å². The molecule has 10 rings (SSSR count). The highest BCUT2D eigenvalue weighted by Gasteiger charge is 2.22. The van der Waals surface area contributed by atoms with Crippen LogP contribution in [0.3, 0.4) is 0 Å². The van der Waals surface area contributed by atoms with Crippen molar-refractivity contribution in [2.45, 2.75) is 0 Å². The predicted octanol–water partition coefficient (Wildman–Crippen LogP) is 13.4. The molecule has 8 aromatic carbocycles. The Balaban J connectivity index is 1.24. The number of hydrogen-bond acceptors (Lipinski definition) is 3. The molecular formula is C44H27NOS. The molecule has 2 nitrogen and oxygen atoms in total. The summed E-state index contributed by atoms with van der Waals surface area (Å²) in [6.07, 6.45) is 0. The molecule has 47 heavy (non-hydrogen) atoms. The third kappa shape index (κ3) is 4.04. The third-order valence-electron chi connectivity index (χ3n) is 9.46. The molecule has 0 bridgehead atoms. The Morgan fingerprint density at radius 1 is 0.404 bits per heavy atom. The Morgan fingerprint density at radius 2 is 1.02 bits per heavy atom. The minimum absolute atomic E-state index is 0.885. The highest BCUT2D eigenvalue weighted by Crippen LogP contribution is 2.49. The number of rotatable bonds is 4. The monoisotopic (exact) mass is 617 g/mol. The largest absolute Gasteiger partial charge is 0.456 e. The summed E-state index contributed by atoms with van der Waals surface area (Å²) in [5.41, 5.74) is 7.57. The Kier molecular flexibility index (Phi) is 5.78. The normalized spacial score (nSPS) is 11.8. The van der Waals surface area contributed by atoms with Gasteiger partial charge in [-0.1, -0.05) is 127 Å². The van der Waals surface area contributed by atoms with Gasteiger partial charge in [0.1, 0.15) is 11.2 Å². The van der Waals surface area contributed by atoms with Crippen molar-refractivity contribution in [2.24, 2.45) is 0 Å². The zero-order valence-corrected chi connectivity index (χ0v) is 26.2. The van der Waals surface area contributed by atoms with Gasteiger partial charge in [0.2, 0.25) is 0 Å². The van der Waals surface area contributed by atoms with Crippen LogP contribution in [0.5, 0.6) is 0 Å². The Hall–Kier alpha value is -5.90. The second-order valence-electron chi connectivity index (χ2n) is 12.1. The van der Waals surface area contributed by atoms with Crippen LogP contribution in [0.25, 0.3) is 74.8 Å². The topological polar surface area (TPSA) is 16.4 Å². The molecule has 220 valence electrons. The van der Waals surface area contributed by atoms with Crippen molar-refractivity contribution in [2.75, 3.05) is 4.90 Å². The molecule has 0 spiro atoms. The fraction of sp³-hybridized carbons (Fsp3) is 0. The number of furan rings is 1. The van der Waals surface area contributed by atoms with Crippen LogP contribution in [0.15, 0.2) is 168 Å². The number of thiophene rings is 1. The second kappa shape index (κ2) is 10.3. The summed E-state index contributed by atoms with van der Waals surface area (Å²) in [7, 11) is 0. The van der Waals surface area contributed by atoms with Gasteiger partial charge in [-0.2, -0.15) is 0 Å². The van der Waals surface area contributed by atoms with Crippen LogP contribution in [-0.2, 0) is 0 Å². The Labute approximate surface area is 275 Å². The van der Waals surface area contributed by atoms with Crippen molar-refractivity contribution >= 4 is 92.1 Å². The van der Waals surface area contributed by atoms with Gasteiger partial charge in [0, 0.05) is 26.5 Å². The van der Waals surface area contributed by atoms with Gasteiger partial charge in [0.15, 0.2) is 0 Å². The van der Waals surface area contributed by atoms with E-state index in [0.29, 0.717) is 0 Å². The highest BCUT2D eigenvalue weighted by molar-refractivity contribution is 7.27. The molecule has 0 N–H and O–H groups in total. The lowest BCUT2D eigenvalue weighted by Crippen LogP contribution is -2.10. The van der Waals surface area contributed by atoms with Gasteiger partial charge in [-0.15, -0.1) is 11.3 Å². The summed E-state index contributed by atoms with van der Waals surface area (Å²) in [6, 6.07) is 58.9. The number of para-hydroxylation sites is 1. The van der Waals surface area contributed by atoms with E-state index < -0.39 is 0 Å². The van der Waals surface area contributed by atoms with E-state index in [2.05, 4.69) is 163 Å². The summed E-state index contributed by atoms with van der Waals surface area (Å²) in [5.74, 6) is 0. The molecule has 3 heteroatoms. The van der Waals surface area contributed by atoms with Gasteiger partial charge in [-0.3, -0.25) is 0 Å². The molecule has 0 fully saturated rings. The zero-order valence-electron chi connectivity index (χ0n) is 25.4. The van der Waals surface area contributed by atoms with E-state index in [9.17, 15) is 0 Å². The summed E-state index contributed by atoms with van der Waals surface area (Å²) >= 11 is 1.88. The first-order valence-electron chi connectivity index (χ1n) is 15.9. The molecule has 2 aromatic heterocycles. The van der Waals surface area contributed by atoms with Crippen molar-refractivity contribution in [3.63, 3.8) is 0 Å². The molecule has 10 aromatic rings. The minimum Gasteiger partial charge on any atom is -0.456 e. The molecule has 0 atom stereocenters. The first kappa shape index (κ1) is 26.3. The van der Waals surface area contributed by atoms with E-state index in [0.717, 1.165) is 39.0 Å². The number of nitrogens with zero attached hydrogens (tertiary/aromatic N) is 1. The average molecular weight is 618 g/mol. The van der Waals surface area contributed by atoms with Crippen LogP contribution < -0.4 is 4.90 Å². The number of hydrogen-bond donors (Lipinski definition) is 0. The molecular weight excluding hydrogens is 591 g/mol. The summed E-state index contributed by atoms with van der Waals surface area (Å²) in [5, 5.41) is 9.87. The second-order valence-corrected chi connectivity index (χ2v) is 13.1. The van der Waals surface area contributed by atoms with Crippen molar-refractivity contribution in [1.82, 2.24) is 0 Å². The average Bonchev–Trinajstić information content (AvgIpc) is 3.72. The molecule has 0 aliphatic heterocycles. The van der Waals surface area contributed by atoms with Crippen LogP contribution in [-0.4, -0.2) is 0 Å². The van der Waals surface area contributed by atoms with Crippen LogP contribution >= 0.6 is 11.3 Å². The maximum absolute atomic E-state index is 6.39. The lowest BCUT2D eigenvalue weighted by molar-refractivity contribution is 0.669. The van der Waals surface area contributed by atoms with Gasteiger partial charge < -0.3 is 9.32 Å². The molecule has 0 radical (unpaired) electrons. The first-order chi connectivity index (χ1) is 23.3. The van der Waals surface area contributed by atoms with Gasteiger partial charge in [0.25, 0.3) is 0 Å². The van der Waals surface area contributed by atoms with Crippen LogP contribution in [0.1, 0.15) is 0 Å². The van der Waals surface area contributed by atoms with Crippen molar-refractivity contribution < 1.29 is 4.42 Å². The quantitative estimate of drug-likeness (QED) is 0.195. The van der Waals surface area contributed by atoms with Crippen LogP contribution in [0, 0.1) is 0 Å². The van der Waals surface area contributed by atoms with Gasteiger partial charge >= 0.3 is 0 Å². The molecule has 0 saturated carbocycles. The number of fused-ring (bicyclic) bond motifs is 9. The Morgan fingerprint density at radius 3 is 1.89 bits per heavy atom. The number of anilines is 3. The van der Waals surface area contributed by atoms with Crippen molar-refractivity contribution in [3.8, 4) is 11.1 Å². The summed E-state index contributed by atoms with van der Waals surface area (Å²) < 4.78 is 8.98. The predicted molar refractivity (Wildman–Crippen MR) is 202 cm³/mol. The van der Waals surface area contributed by atoms with E-state index in [1.807, 2.05) is 17.4 Å².